The number of carbonyl (C=O) groups is 1. The predicted molar refractivity (Wildman–Crippen MR) is 87.6 cm³/mol. The van der Waals surface area contributed by atoms with Gasteiger partial charge in [-0.25, -0.2) is 4.79 Å². The van der Waals surface area contributed by atoms with E-state index in [9.17, 15) is 4.79 Å². The average Bonchev–Trinajstić information content (AvgIpc) is 3.15. The maximum atomic E-state index is 12.5. The lowest BCUT2D eigenvalue weighted by molar-refractivity contribution is 0.0432. The summed E-state index contributed by atoms with van der Waals surface area (Å²) in [7, 11) is 0. The Bertz CT molecular complexity index is 910. The number of nitrogens with zero attached hydrogens (tertiary/aromatic N) is 2. The maximum absolute atomic E-state index is 12.5. The van der Waals surface area contributed by atoms with Crippen LogP contribution in [0.5, 0.6) is 0 Å². The molecule has 6 nitrogen and oxygen atoms in total. The van der Waals surface area contributed by atoms with Crippen LogP contribution in [-0.2, 0) is 24.2 Å². The van der Waals surface area contributed by atoms with Gasteiger partial charge in [0.05, 0.1) is 11.1 Å². The first kappa shape index (κ1) is 14.9. The molecule has 0 aliphatic heterocycles. The van der Waals surface area contributed by atoms with Crippen LogP contribution in [0, 0.1) is 12.8 Å². The number of hydrogen-bond donors (Lipinski definition) is 1. The molecule has 4 rings (SSSR count). The molecule has 1 aliphatic carbocycles. The Morgan fingerprint density at radius 2 is 2.33 bits per heavy atom. The third-order valence-electron chi connectivity index (χ3n) is 4.59. The van der Waals surface area contributed by atoms with E-state index in [1.54, 1.807) is 13.0 Å². The summed E-state index contributed by atoms with van der Waals surface area (Å²) in [6.07, 6.45) is 3.26. The van der Waals surface area contributed by atoms with Crippen molar-refractivity contribution in [3.63, 3.8) is 0 Å². The molecule has 2 heterocycles. The SMILES string of the molecule is Cc1noc(COC(=O)c2cccc3c4c([nH]c23)CC[C@H](C)C4)n1. The van der Waals surface area contributed by atoms with Gasteiger partial charge in [-0.2, -0.15) is 4.98 Å². The fourth-order valence-electron chi connectivity index (χ4n) is 3.39. The second kappa shape index (κ2) is 5.78. The van der Waals surface area contributed by atoms with Crippen LogP contribution in [0.15, 0.2) is 22.7 Å². The van der Waals surface area contributed by atoms with Gasteiger partial charge in [0.1, 0.15) is 0 Å². The molecule has 124 valence electrons. The van der Waals surface area contributed by atoms with Gasteiger partial charge in [-0.3, -0.25) is 0 Å². The molecule has 0 unspecified atom stereocenters. The number of ether oxygens (including phenoxy) is 1. The number of esters is 1. The number of para-hydroxylation sites is 1. The fourth-order valence-corrected chi connectivity index (χ4v) is 3.39. The van der Waals surface area contributed by atoms with E-state index >= 15 is 0 Å². The Labute approximate surface area is 139 Å². The number of aryl methyl sites for hydroxylation is 2. The molecule has 1 N–H and O–H groups in total. The van der Waals surface area contributed by atoms with Crippen LogP contribution in [0.2, 0.25) is 0 Å². The lowest BCUT2D eigenvalue weighted by atomic mass is 9.87. The third kappa shape index (κ3) is 2.58. The van der Waals surface area contributed by atoms with Crippen molar-refractivity contribution in [2.24, 2.45) is 5.92 Å². The molecule has 0 bridgehead atoms. The van der Waals surface area contributed by atoms with Crippen LogP contribution < -0.4 is 0 Å². The van der Waals surface area contributed by atoms with Crippen molar-refractivity contribution in [2.75, 3.05) is 0 Å². The normalized spacial score (nSPS) is 17.0. The largest absolute Gasteiger partial charge is 0.452 e. The minimum absolute atomic E-state index is 0.0203. The highest BCUT2D eigenvalue weighted by atomic mass is 16.6. The molecule has 0 radical (unpaired) electrons. The number of benzene rings is 1. The Kier molecular flexibility index (Phi) is 3.59. The van der Waals surface area contributed by atoms with Crippen molar-refractivity contribution in [1.29, 1.82) is 0 Å². The van der Waals surface area contributed by atoms with Gasteiger partial charge >= 0.3 is 5.97 Å². The highest BCUT2D eigenvalue weighted by molar-refractivity contribution is 6.04. The number of hydrogen-bond acceptors (Lipinski definition) is 5. The number of aromatic nitrogens is 3. The number of fused-ring (bicyclic) bond motifs is 3. The van der Waals surface area contributed by atoms with E-state index in [0.29, 0.717) is 23.2 Å². The second-order valence-electron chi connectivity index (χ2n) is 6.47. The van der Waals surface area contributed by atoms with Crippen molar-refractivity contribution in [1.82, 2.24) is 15.1 Å². The number of rotatable bonds is 3. The van der Waals surface area contributed by atoms with Gasteiger partial charge in [-0.15, -0.1) is 0 Å². The smallest absolute Gasteiger partial charge is 0.340 e. The molecule has 1 aliphatic rings. The zero-order valence-electron chi connectivity index (χ0n) is 13.8. The van der Waals surface area contributed by atoms with Gasteiger partial charge in [-0.05, 0) is 43.7 Å². The molecule has 0 amide bonds. The maximum Gasteiger partial charge on any atom is 0.340 e. The van der Waals surface area contributed by atoms with Gasteiger partial charge in [0.2, 0.25) is 0 Å². The van der Waals surface area contributed by atoms with E-state index in [0.717, 1.165) is 23.7 Å². The second-order valence-corrected chi connectivity index (χ2v) is 6.47. The van der Waals surface area contributed by atoms with Crippen molar-refractivity contribution in [2.45, 2.75) is 39.7 Å². The van der Waals surface area contributed by atoms with E-state index in [-0.39, 0.29) is 12.6 Å². The molecule has 6 heteroatoms. The minimum Gasteiger partial charge on any atom is -0.452 e. The predicted octanol–water partition coefficient (Wildman–Crippen LogP) is 3.34. The first-order valence-electron chi connectivity index (χ1n) is 8.20. The summed E-state index contributed by atoms with van der Waals surface area (Å²) in [6, 6.07) is 5.76. The molecular formula is C18H19N3O3. The Balaban J connectivity index is 1.63. The lowest BCUT2D eigenvalue weighted by Crippen LogP contribution is -2.09. The lowest BCUT2D eigenvalue weighted by Gasteiger charge is -2.17. The number of nitrogens with one attached hydrogen (secondary N) is 1. The molecule has 0 fully saturated rings. The van der Waals surface area contributed by atoms with E-state index in [1.165, 1.54) is 17.7 Å². The number of carbonyl (C=O) groups excluding carboxylic acids is 1. The Hall–Kier alpha value is -2.63. The van der Waals surface area contributed by atoms with Crippen LogP contribution in [0.3, 0.4) is 0 Å². The zero-order valence-corrected chi connectivity index (χ0v) is 13.8. The van der Waals surface area contributed by atoms with Gasteiger partial charge in [-0.1, -0.05) is 24.2 Å². The first-order chi connectivity index (χ1) is 11.6. The average molecular weight is 325 g/mol. The quantitative estimate of drug-likeness (QED) is 0.747. The van der Waals surface area contributed by atoms with E-state index in [2.05, 4.69) is 28.1 Å². The molecule has 0 spiro atoms. The van der Waals surface area contributed by atoms with Gasteiger partial charge in [0.25, 0.3) is 5.89 Å². The summed E-state index contributed by atoms with van der Waals surface area (Å²) in [4.78, 5) is 20.0. The highest BCUT2D eigenvalue weighted by Crippen LogP contribution is 2.33. The summed E-state index contributed by atoms with van der Waals surface area (Å²) < 4.78 is 10.3. The Morgan fingerprint density at radius 3 is 3.12 bits per heavy atom. The van der Waals surface area contributed by atoms with Crippen LogP contribution >= 0.6 is 0 Å². The molecule has 3 aromatic rings. The van der Waals surface area contributed by atoms with E-state index in [1.807, 2.05) is 6.07 Å². The van der Waals surface area contributed by atoms with Crippen LogP contribution in [0.4, 0.5) is 0 Å². The molecule has 2 aromatic heterocycles. The molecule has 0 saturated carbocycles. The van der Waals surface area contributed by atoms with Crippen LogP contribution in [0.25, 0.3) is 10.9 Å². The van der Waals surface area contributed by atoms with Crippen molar-refractivity contribution >= 4 is 16.9 Å². The van der Waals surface area contributed by atoms with Gasteiger partial charge in [0, 0.05) is 11.1 Å². The summed E-state index contributed by atoms with van der Waals surface area (Å²) in [6.45, 7) is 3.97. The standard InChI is InChI=1S/C18H19N3O3/c1-10-6-7-15-14(8-10)12-4-3-5-13(17(12)20-15)18(22)23-9-16-19-11(2)21-24-16/h3-5,10,20H,6-9H2,1-2H3/t10-/m0/s1. The van der Waals surface area contributed by atoms with Crippen LogP contribution in [-0.4, -0.2) is 21.1 Å². The van der Waals surface area contributed by atoms with Crippen molar-refractivity contribution in [3.05, 3.63) is 46.7 Å². The van der Waals surface area contributed by atoms with Crippen LogP contribution in [0.1, 0.15) is 46.7 Å². The van der Waals surface area contributed by atoms with E-state index in [4.69, 9.17) is 9.26 Å². The molecule has 1 aromatic carbocycles. The summed E-state index contributed by atoms with van der Waals surface area (Å²) >= 11 is 0. The zero-order chi connectivity index (χ0) is 16.7. The number of aromatic amines is 1. The first-order valence-corrected chi connectivity index (χ1v) is 8.20. The van der Waals surface area contributed by atoms with Gasteiger partial charge < -0.3 is 14.2 Å². The molecule has 1 atom stereocenters. The summed E-state index contributed by atoms with van der Waals surface area (Å²) in [5.41, 5.74) is 4.00. The van der Waals surface area contributed by atoms with Crippen molar-refractivity contribution < 1.29 is 14.1 Å². The molecular weight excluding hydrogens is 306 g/mol. The van der Waals surface area contributed by atoms with Gasteiger partial charge in [0.15, 0.2) is 12.4 Å². The summed E-state index contributed by atoms with van der Waals surface area (Å²) in [5, 5.41) is 4.81. The van der Waals surface area contributed by atoms with Crippen molar-refractivity contribution in [3.8, 4) is 0 Å². The number of H-pyrrole nitrogens is 1. The molecule has 24 heavy (non-hydrogen) atoms. The van der Waals surface area contributed by atoms with E-state index < -0.39 is 0 Å². The fraction of sp³-hybridized carbons (Fsp3) is 0.389. The minimum atomic E-state index is -0.386. The Morgan fingerprint density at radius 1 is 1.46 bits per heavy atom. The summed E-state index contributed by atoms with van der Waals surface area (Å²) in [5.74, 6) is 1.11. The third-order valence-corrected chi connectivity index (χ3v) is 4.59. The highest BCUT2D eigenvalue weighted by Gasteiger charge is 2.23. The molecule has 0 saturated heterocycles. The monoisotopic (exact) mass is 325 g/mol. The topological polar surface area (TPSA) is 81.0 Å².